The van der Waals surface area contributed by atoms with E-state index in [1.807, 2.05) is 40.7 Å². The zero-order valence-corrected chi connectivity index (χ0v) is 15.7. The maximum atomic E-state index is 12.2. The summed E-state index contributed by atoms with van der Waals surface area (Å²) in [6.07, 6.45) is -0.423. The van der Waals surface area contributed by atoms with E-state index >= 15 is 0 Å². The summed E-state index contributed by atoms with van der Waals surface area (Å²) < 4.78 is 10.8. The molecule has 6 nitrogen and oxygen atoms in total. The van der Waals surface area contributed by atoms with E-state index in [9.17, 15) is 9.59 Å². The number of hydrogen-bond donors (Lipinski definition) is 1. The van der Waals surface area contributed by atoms with Gasteiger partial charge in [-0.15, -0.1) is 0 Å². The minimum absolute atomic E-state index is 0.0803. The van der Waals surface area contributed by atoms with Gasteiger partial charge in [-0.05, 0) is 53.7 Å². The van der Waals surface area contributed by atoms with E-state index in [-0.39, 0.29) is 12.6 Å². The minimum atomic E-state index is -0.560. The second-order valence-electron chi connectivity index (χ2n) is 7.26. The number of rotatable bonds is 3. The molecule has 0 atom stereocenters. The number of amides is 1. The molecule has 0 bridgehead atoms. The fourth-order valence-electron chi connectivity index (χ4n) is 2.57. The Kier molecular flexibility index (Phi) is 5.40. The molecule has 25 heavy (non-hydrogen) atoms. The van der Waals surface area contributed by atoms with Crippen molar-refractivity contribution in [1.82, 2.24) is 10.2 Å². The van der Waals surface area contributed by atoms with E-state index in [1.54, 1.807) is 19.1 Å². The van der Waals surface area contributed by atoms with Gasteiger partial charge in [0.15, 0.2) is 0 Å². The molecule has 2 rings (SSSR count). The average molecular weight is 346 g/mol. The second-order valence-corrected chi connectivity index (χ2v) is 7.26. The Labute approximate surface area is 148 Å². The lowest BCUT2D eigenvalue weighted by molar-refractivity contribution is 0.0325. The van der Waals surface area contributed by atoms with Gasteiger partial charge in [0, 0.05) is 5.70 Å². The molecule has 1 amide bonds. The van der Waals surface area contributed by atoms with Crippen molar-refractivity contribution in [2.75, 3.05) is 13.3 Å². The molecule has 6 heteroatoms. The normalized spacial score (nSPS) is 14.4. The first kappa shape index (κ1) is 18.8. The number of hydrogen-bond acceptors (Lipinski definition) is 5. The van der Waals surface area contributed by atoms with E-state index in [0.29, 0.717) is 23.6 Å². The number of carbonyl (C=O) groups is 2. The van der Waals surface area contributed by atoms with Gasteiger partial charge in [0.1, 0.15) is 12.2 Å². The standard InChI is InChI=1S/C19H26N2O4/c1-12-7-13(2)9-15(8-12)17(22)24-10-16-14(3)21(11-20-16)18(23)25-19(4,5)6/h7-9,20H,10-11H2,1-6H3. The molecule has 0 radical (unpaired) electrons. The first-order valence-corrected chi connectivity index (χ1v) is 8.26. The summed E-state index contributed by atoms with van der Waals surface area (Å²) in [5, 5.41) is 3.08. The molecule has 1 aliphatic heterocycles. The number of nitrogens with zero attached hydrogens (tertiary/aromatic N) is 1. The number of carbonyl (C=O) groups excluding carboxylic acids is 2. The zero-order chi connectivity index (χ0) is 18.8. The van der Waals surface area contributed by atoms with Crippen molar-refractivity contribution in [3.05, 3.63) is 46.3 Å². The molecule has 1 aromatic carbocycles. The molecular weight excluding hydrogens is 320 g/mol. The highest BCUT2D eigenvalue weighted by Crippen LogP contribution is 2.19. The highest BCUT2D eigenvalue weighted by Gasteiger charge is 2.29. The zero-order valence-electron chi connectivity index (χ0n) is 15.7. The molecule has 0 aliphatic carbocycles. The summed E-state index contributed by atoms with van der Waals surface area (Å²) in [6, 6.07) is 5.60. The van der Waals surface area contributed by atoms with Crippen LogP contribution in [0.4, 0.5) is 4.79 Å². The van der Waals surface area contributed by atoms with Crippen molar-refractivity contribution >= 4 is 12.1 Å². The van der Waals surface area contributed by atoms with Crippen LogP contribution in [-0.4, -0.2) is 35.8 Å². The number of nitrogens with one attached hydrogen (secondary N) is 1. The Morgan fingerprint density at radius 3 is 2.28 bits per heavy atom. The Morgan fingerprint density at radius 2 is 1.72 bits per heavy atom. The van der Waals surface area contributed by atoms with Crippen molar-refractivity contribution < 1.29 is 19.1 Å². The lowest BCUT2D eigenvalue weighted by atomic mass is 10.1. The van der Waals surface area contributed by atoms with Crippen molar-refractivity contribution in [3.63, 3.8) is 0 Å². The minimum Gasteiger partial charge on any atom is -0.456 e. The fraction of sp³-hybridized carbons (Fsp3) is 0.474. The van der Waals surface area contributed by atoms with E-state index in [0.717, 1.165) is 11.1 Å². The third-order valence-corrected chi connectivity index (χ3v) is 3.71. The van der Waals surface area contributed by atoms with Gasteiger partial charge in [-0.2, -0.15) is 0 Å². The topological polar surface area (TPSA) is 67.9 Å². The first-order valence-electron chi connectivity index (χ1n) is 8.26. The molecule has 1 aromatic rings. The maximum absolute atomic E-state index is 12.2. The molecular formula is C19H26N2O4. The lowest BCUT2D eigenvalue weighted by Gasteiger charge is -2.24. The number of ether oxygens (including phenoxy) is 2. The maximum Gasteiger partial charge on any atom is 0.416 e. The van der Waals surface area contributed by atoms with Crippen LogP contribution in [0.2, 0.25) is 0 Å². The smallest absolute Gasteiger partial charge is 0.416 e. The van der Waals surface area contributed by atoms with Crippen LogP contribution in [-0.2, 0) is 9.47 Å². The van der Waals surface area contributed by atoms with Crippen LogP contribution in [0.25, 0.3) is 0 Å². The van der Waals surface area contributed by atoms with Crippen LogP contribution in [0.15, 0.2) is 29.6 Å². The SMILES string of the molecule is CC1=C(COC(=O)c2cc(C)cc(C)c2)NCN1C(=O)OC(C)(C)C. The van der Waals surface area contributed by atoms with Gasteiger partial charge < -0.3 is 14.8 Å². The van der Waals surface area contributed by atoms with Crippen LogP contribution in [0.3, 0.4) is 0 Å². The van der Waals surface area contributed by atoms with Crippen molar-refractivity contribution in [1.29, 1.82) is 0 Å². The van der Waals surface area contributed by atoms with Crippen LogP contribution in [0.5, 0.6) is 0 Å². The molecule has 0 aromatic heterocycles. The molecule has 0 spiro atoms. The van der Waals surface area contributed by atoms with Gasteiger partial charge in [0.25, 0.3) is 0 Å². The third kappa shape index (κ3) is 4.98. The Hall–Kier alpha value is -2.50. The van der Waals surface area contributed by atoms with E-state index < -0.39 is 11.7 Å². The largest absolute Gasteiger partial charge is 0.456 e. The van der Waals surface area contributed by atoms with Crippen molar-refractivity contribution in [2.24, 2.45) is 0 Å². The third-order valence-electron chi connectivity index (χ3n) is 3.71. The summed E-state index contributed by atoms with van der Waals surface area (Å²) >= 11 is 0. The molecule has 0 saturated carbocycles. The molecule has 1 aliphatic rings. The molecule has 1 heterocycles. The van der Waals surface area contributed by atoms with Gasteiger partial charge >= 0.3 is 12.1 Å². The summed E-state index contributed by atoms with van der Waals surface area (Å²) in [5.41, 5.74) is 3.38. The van der Waals surface area contributed by atoms with Gasteiger partial charge in [0.05, 0.1) is 17.9 Å². The molecule has 136 valence electrons. The van der Waals surface area contributed by atoms with Gasteiger partial charge in [-0.3, -0.25) is 4.90 Å². The molecule has 0 unspecified atom stereocenters. The summed E-state index contributed by atoms with van der Waals surface area (Å²) in [7, 11) is 0. The fourth-order valence-corrected chi connectivity index (χ4v) is 2.57. The lowest BCUT2D eigenvalue weighted by Crippen LogP contribution is -2.36. The van der Waals surface area contributed by atoms with Gasteiger partial charge in [-0.1, -0.05) is 17.2 Å². The molecule has 0 saturated heterocycles. The molecule has 1 N–H and O–H groups in total. The number of esters is 1. The monoisotopic (exact) mass is 346 g/mol. The predicted molar refractivity (Wildman–Crippen MR) is 95.0 cm³/mol. The Balaban J connectivity index is 2.00. The average Bonchev–Trinajstić information content (AvgIpc) is 2.83. The Bertz CT molecular complexity index is 696. The number of aryl methyl sites for hydroxylation is 2. The summed E-state index contributed by atoms with van der Waals surface area (Å²) in [4.78, 5) is 25.9. The van der Waals surface area contributed by atoms with Crippen LogP contribution in [0.1, 0.15) is 49.2 Å². The molecule has 0 fully saturated rings. The van der Waals surface area contributed by atoms with Crippen LogP contribution in [0, 0.1) is 13.8 Å². The summed E-state index contributed by atoms with van der Waals surface area (Å²) in [5.74, 6) is -0.385. The Morgan fingerprint density at radius 1 is 1.12 bits per heavy atom. The van der Waals surface area contributed by atoms with Crippen molar-refractivity contribution in [2.45, 2.75) is 47.1 Å². The first-order chi connectivity index (χ1) is 11.6. The van der Waals surface area contributed by atoms with Crippen LogP contribution >= 0.6 is 0 Å². The van der Waals surface area contributed by atoms with Crippen molar-refractivity contribution in [3.8, 4) is 0 Å². The van der Waals surface area contributed by atoms with E-state index in [2.05, 4.69) is 5.32 Å². The van der Waals surface area contributed by atoms with Gasteiger partial charge in [-0.25, -0.2) is 9.59 Å². The highest BCUT2D eigenvalue weighted by molar-refractivity contribution is 5.90. The number of benzene rings is 1. The van der Waals surface area contributed by atoms with E-state index in [1.165, 1.54) is 4.90 Å². The second kappa shape index (κ2) is 7.17. The highest BCUT2D eigenvalue weighted by atomic mass is 16.6. The van der Waals surface area contributed by atoms with E-state index in [4.69, 9.17) is 9.47 Å². The van der Waals surface area contributed by atoms with Crippen LogP contribution < -0.4 is 5.32 Å². The summed E-state index contributed by atoms with van der Waals surface area (Å²) in [6.45, 7) is 11.5. The predicted octanol–water partition coefficient (Wildman–Crippen LogP) is 3.49. The van der Waals surface area contributed by atoms with Gasteiger partial charge in [0.2, 0.25) is 0 Å². The number of allylic oxidation sites excluding steroid dienone is 1. The quantitative estimate of drug-likeness (QED) is 0.849.